The van der Waals surface area contributed by atoms with Gasteiger partial charge in [-0.05, 0) is 31.5 Å². The molecule has 6 heteroatoms. The lowest BCUT2D eigenvalue weighted by Gasteiger charge is -2.07. The van der Waals surface area contributed by atoms with Gasteiger partial charge in [-0.15, -0.1) is 0 Å². The number of aromatic nitrogens is 1. The van der Waals surface area contributed by atoms with E-state index in [9.17, 15) is 4.79 Å². The van der Waals surface area contributed by atoms with E-state index in [0.717, 1.165) is 12.8 Å². The molecule has 0 saturated heterocycles. The predicted molar refractivity (Wildman–Crippen MR) is 84.3 cm³/mol. The summed E-state index contributed by atoms with van der Waals surface area (Å²) in [4.78, 5) is 12.1. The second-order valence-corrected chi connectivity index (χ2v) is 5.36. The second-order valence-electron chi connectivity index (χ2n) is 4.92. The molecule has 118 valence electrons. The largest absolute Gasteiger partial charge is 0.489 e. The molecule has 0 unspecified atom stereocenters. The highest BCUT2D eigenvalue weighted by atomic mass is 35.5. The fraction of sp³-hybridized carbons (Fsp3) is 0.375. The van der Waals surface area contributed by atoms with Crippen molar-refractivity contribution in [3.63, 3.8) is 0 Å². The minimum absolute atomic E-state index is 0.201. The highest BCUT2D eigenvalue weighted by Gasteiger charge is 2.20. The van der Waals surface area contributed by atoms with Crippen molar-refractivity contribution in [2.24, 2.45) is 0 Å². The summed E-state index contributed by atoms with van der Waals surface area (Å²) in [5.74, 6) is 0.961. The van der Waals surface area contributed by atoms with Crippen molar-refractivity contribution < 1.29 is 14.1 Å². The third kappa shape index (κ3) is 4.24. The molecule has 0 bridgehead atoms. The predicted octanol–water partition coefficient (Wildman–Crippen LogP) is 3.75. The number of carbonyl (C=O) groups excluding carboxylic acids is 1. The van der Waals surface area contributed by atoms with Gasteiger partial charge in [0, 0.05) is 11.6 Å². The molecular formula is C16H19ClN2O3. The lowest BCUT2D eigenvalue weighted by atomic mass is 10.2. The zero-order valence-electron chi connectivity index (χ0n) is 12.7. The Labute approximate surface area is 134 Å². The van der Waals surface area contributed by atoms with E-state index in [4.69, 9.17) is 20.9 Å². The van der Waals surface area contributed by atoms with Crippen molar-refractivity contribution in [2.45, 2.75) is 33.3 Å². The molecule has 0 spiro atoms. The molecular weight excluding hydrogens is 304 g/mol. The number of unbranched alkanes of at least 4 members (excludes halogenated alkanes) is 1. The lowest BCUT2D eigenvalue weighted by Crippen LogP contribution is -2.26. The summed E-state index contributed by atoms with van der Waals surface area (Å²) in [6, 6.07) is 7.09. The van der Waals surface area contributed by atoms with Gasteiger partial charge in [0.25, 0.3) is 5.91 Å². The third-order valence-electron chi connectivity index (χ3n) is 3.19. The third-order valence-corrected chi connectivity index (χ3v) is 3.43. The first-order valence-corrected chi connectivity index (χ1v) is 7.61. The molecule has 22 heavy (non-hydrogen) atoms. The second kappa shape index (κ2) is 7.84. The van der Waals surface area contributed by atoms with E-state index >= 15 is 0 Å². The number of halogens is 1. The van der Waals surface area contributed by atoms with E-state index < -0.39 is 0 Å². The van der Waals surface area contributed by atoms with Crippen LogP contribution in [0.5, 0.6) is 5.75 Å². The first kappa shape index (κ1) is 16.4. The standard InChI is InChI=1S/C16H19ClN2O3/c1-3-4-8-18-16(20)15-14(11(2)22-19-15)10-21-13-7-5-6-12(17)9-13/h5-7,9H,3-4,8,10H2,1-2H3,(H,18,20). The van der Waals surface area contributed by atoms with Gasteiger partial charge in [0.2, 0.25) is 0 Å². The van der Waals surface area contributed by atoms with Crippen LogP contribution in [0.1, 0.15) is 41.6 Å². The number of benzene rings is 1. The Morgan fingerprint density at radius 2 is 2.27 bits per heavy atom. The van der Waals surface area contributed by atoms with E-state index in [0.29, 0.717) is 28.6 Å². The number of rotatable bonds is 7. The van der Waals surface area contributed by atoms with Crippen LogP contribution in [0.3, 0.4) is 0 Å². The summed E-state index contributed by atoms with van der Waals surface area (Å²) in [6.07, 6.45) is 1.94. The van der Waals surface area contributed by atoms with Crippen LogP contribution in [0.2, 0.25) is 5.02 Å². The summed E-state index contributed by atoms with van der Waals surface area (Å²) in [7, 11) is 0. The van der Waals surface area contributed by atoms with Gasteiger partial charge in [-0.2, -0.15) is 0 Å². The molecule has 2 rings (SSSR count). The number of amides is 1. The maximum absolute atomic E-state index is 12.1. The van der Waals surface area contributed by atoms with Crippen LogP contribution >= 0.6 is 11.6 Å². The monoisotopic (exact) mass is 322 g/mol. The molecule has 1 aromatic carbocycles. The molecule has 0 aliphatic carbocycles. The van der Waals surface area contributed by atoms with Gasteiger partial charge in [-0.1, -0.05) is 36.2 Å². The Morgan fingerprint density at radius 3 is 3.00 bits per heavy atom. The molecule has 0 saturated carbocycles. The average Bonchev–Trinajstić information content (AvgIpc) is 2.86. The quantitative estimate of drug-likeness (QED) is 0.789. The zero-order chi connectivity index (χ0) is 15.9. The van der Waals surface area contributed by atoms with Crippen LogP contribution in [0.25, 0.3) is 0 Å². The molecule has 1 heterocycles. The molecule has 0 aliphatic rings. The van der Waals surface area contributed by atoms with E-state index in [2.05, 4.69) is 17.4 Å². The summed E-state index contributed by atoms with van der Waals surface area (Å²) in [6.45, 7) is 4.64. The van der Waals surface area contributed by atoms with E-state index in [1.165, 1.54) is 0 Å². The number of nitrogens with zero attached hydrogens (tertiary/aromatic N) is 1. The van der Waals surface area contributed by atoms with Gasteiger partial charge in [-0.25, -0.2) is 0 Å². The Kier molecular flexibility index (Phi) is 5.83. The van der Waals surface area contributed by atoms with Crippen LogP contribution in [0.4, 0.5) is 0 Å². The number of ether oxygens (including phenoxy) is 1. The van der Waals surface area contributed by atoms with E-state index in [1.807, 2.05) is 0 Å². The average molecular weight is 323 g/mol. The van der Waals surface area contributed by atoms with Gasteiger partial charge >= 0.3 is 0 Å². The van der Waals surface area contributed by atoms with Crippen molar-refractivity contribution >= 4 is 17.5 Å². The number of hydrogen-bond acceptors (Lipinski definition) is 4. The molecule has 5 nitrogen and oxygen atoms in total. The van der Waals surface area contributed by atoms with E-state index in [-0.39, 0.29) is 18.2 Å². The molecule has 0 aliphatic heterocycles. The molecule has 0 radical (unpaired) electrons. The fourth-order valence-electron chi connectivity index (χ4n) is 1.91. The Morgan fingerprint density at radius 1 is 1.45 bits per heavy atom. The number of aryl methyl sites for hydroxylation is 1. The first-order valence-electron chi connectivity index (χ1n) is 7.23. The van der Waals surface area contributed by atoms with Gasteiger partial charge in [0.15, 0.2) is 5.69 Å². The normalized spacial score (nSPS) is 10.5. The highest BCUT2D eigenvalue weighted by molar-refractivity contribution is 6.30. The summed E-state index contributed by atoms with van der Waals surface area (Å²) < 4.78 is 10.8. The SMILES string of the molecule is CCCCNC(=O)c1noc(C)c1COc1cccc(Cl)c1. The number of nitrogens with one attached hydrogen (secondary N) is 1. The summed E-state index contributed by atoms with van der Waals surface area (Å²) >= 11 is 5.91. The molecule has 0 atom stereocenters. The minimum atomic E-state index is -0.241. The minimum Gasteiger partial charge on any atom is -0.489 e. The maximum Gasteiger partial charge on any atom is 0.273 e. The maximum atomic E-state index is 12.1. The molecule has 1 aromatic heterocycles. The van der Waals surface area contributed by atoms with Gasteiger partial charge in [0.1, 0.15) is 18.1 Å². The summed E-state index contributed by atoms with van der Waals surface area (Å²) in [5, 5.41) is 7.25. The van der Waals surface area contributed by atoms with Gasteiger partial charge in [-0.3, -0.25) is 4.79 Å². The topological polar surface area (TPSA) is 64.4 Å². The summed E-state index contributed by atoms with van der Waals surface area (Å²) in [5.41, 5.74) is 0.921. The van der Waals surface area contributed by atoms with Crippen LogP contribution in [0, 0.1) is 6.92 Å². The Balaban J connectivity index is 2.04. The molecule has 2 aromatic rings. The number of carbonyl (C=O) groups is 1. The lowest BCUT2D eigenvalue weighted by molar-refractivity contribution is 0.0942. The molecule has 1 N–H and O–H groups in total. The van der Waals surface area contributed by atoms with Crippen molar-refractivity contribution in [1.82, 2.24) is 10.5 Å². The van der Waals surface area contributed by atoms with Gasteiger partial charge < -0.3 is 14.6 Å². The highest BCUT2D eigenvalue weighted by Crippen LogP contribution is 2.20. The molecule has 0 fully saturated rings. The van der Waals surface area contributed by atoms with Crippen LogP contribution in [-0.2, 0) is 6.61 Å². The Hall–Kier alpha value is -2.01. The van der Waals surface area contributed by atoms with Crippen molar-refractivity contribution in [3.05, 3.63) is 46.3 Å². The van der Waals surface area contributed by atoms with E-state index in [1.54, 1.807) is 31.2 Å². The van der Waals surface area contributed by atoms with Crippen molar-refractivity contribution in [3.8, 4) is 5.75 Å². The van der Waals surface area contributed by atoms with Crippen molar-refractivity contribution in [2.75, 3.05) is 6.54 Å². The van der Waals surface area contributed by atoms with Crippen LogP contribution < -0.4 is 10.1 Å². The molecule has 1 amide bonds. The smallest absolute Gasteiger partial charge is 0.273 e. The Bertz CT molecular complexity index is 640. The fourth-order valence-corrected chi connectivity index (χ4v) is 2.09. The van der Waals surface area contributed by atoms with Gasteiger partial charge in [0.05, 0.1) is 5.56 Å². The number of hydrogen-bond donors (Lipinski definition) is 1. The first-order chi connectivity index (χ1) is 10.6. The van der Waals surface area contributed by atoms with Crippen LogP contribution in [0.15, 0.2) is 28.8 Å². The zero-order valence-corrected chi connectivity index (χ0v) is 13.4. The van der Waals surface area contributed by atoms with Crippen molar-refractivity contribution in [1.29, 1.82) is 0 Å². The van der Waals surface area contributed by atoms with Crippen LogP contribution in [-0.4, -0.2) is 17.6 Å².